The SMILES string of the molecule is COc1ccc(C(=O)Nc2ccc3c(c2)OCCO3)cc1COc1ccccc1OC. The number of nitrogens with one attached hydrogen (secondary N) is 1. The first-order chi connectivity index (χ1) is 15.2. The molecule has 3 aromatic rings. The van der Waals surface area contributed by atoms with Gasteiger partial charge in [0.1, 0.15) is 25.6 Å². The Labute approximate surface area is 180 Å². The van der Waals surface area contributed by atoms with Crippen LogP contribution in [0, 0.1) is 0 Å². The van der Waals surface area contributed by atoms with Gasteiger partial charge in [-0.2, -0.15) is 0 Å². The summed E-state index contributed by atoms with van der Waals surface area (Å²) in [6.07, 6.45) is 0. The summed E-state index contributed by atoms with van der Waals surface area (Å²) in [5.74, 6) is 2.91. The van der Waals surface area contributed by atoms with E-state index in [0.717, 1.165) is 5.56 Å². The molecule has 0 aliphatic carbocycles. The van der Waals surface area contributed by atoms with Crippen molar-refractivity contribution in [1.29, 1.82) is 0 Å². The van der Waals surface area contributed by atoms with E-state index in [9.17, 15) is 4.79 Å². The number of fused-ring (bicyclic) bond motifs is 1. The fourth-order valence-electron chi connectivity index (χ4n) is 3.25. The normalized spacial score (nSPS) is 12.1. The molecule has 4 rings (SSSR count). The molecule has 3 aromatic carbocycles. The van der Waals surface area contributed by atoms with Crippen molar-refractivity contribution in [3.63, 3.8) is 0 Å². The molecular formula is C24H23NO6. The van der Waals surface area contributed by atoms with Crippen molar-refractivity contribution in [2.24, 2.45) is 0 Å². The number of ether oxygens (including phenoxy) is 5. The van der Waals surface area contributed by atoms with Gasteiger partial charge in [0.05, 0.1) is 14.2 Å². The van der Waals surface area contributed by atoms with E-state index in [2.05, 4.69) is 5.32 Å². The van der Waals surface area contributed by atoms with Gasteiger partial charge >= 0.3 is 0 Å². The lowest BCUT2D eigenvalue weighted by Crippen LogP contribution is -2.16. The second kappa shape index (κ2) is 9.30. The smallest absolute Gasteiger partial charge is 0.255 e. The standard InChI is InChI=1S/C24H23NO6/c1-27-19-9-7-16(13-17(19)15-31-21-6-4-3-5-20(21)28-2)24(26)25-18-8-10-22-23(14-18)30-12-11-29-22/h3-10,13-14H,11-12,15H2,1-2H3,(H,25,26). The summed E-state index contributed by atoms with van der Waals surface area (Å²) in [7, 11) is 3.17. The van der Waals surface area contributed by atoms with Gasteiger partial charge in [0.15, 0.2) is 23.0 Å². The Morgan fingerprint density at radius 3 is 2.39 bits per heavy atom. The third-order valence-electron chi connectivity index (χ3n) is 4.79. The summed E-state index contributed by atoms with van der Waals surface area (Å²) in [5.41, 5.74) is 1.84. The zero-order chi connectivity index (χ0) is 21.6. The number of hydrogen-bond acceptors (Lipinski definition) is 6. The highest BCUT2D eigenvalue weighted by Crippen LogP contribution is 2.33. The van der Waals surface area contributed by atoms with E-state index in [-0.39, 0.29) is 12.5 Å². The van der Waals surface area contributed by atoms with Gasteiger partial charge in [-0.05, 0) is 42.5 Å². The van der Waals surface area contributed by atoms with Crippen molar-refractivity contribution < 1.29 is 28.5 Å². The molecule has 1 amide bonds. The minimum atomic E-state index is -0.252. The minimum absolute atomic E-state index is 0.217. The van der Waals surface area contributed by atoms with E-state index in [0.29, 0.717) is 53.2 Å². The number of rotatable bonds is 7. The molecule has 0 atom stereocenters. The number of carbonyl (C=O) groups excluding carboxylic acids is 1. The quantitative estimate of drug-likeness (QED) is 0.613. The first kappa shape index (κ1) is 20.4. The van der Waals surface area contributed by atoms with Crippen LogP contribution in [0.25, 0.3) is 0 Å². The lowest BCUT2D eigenvalue weighted by Gasteiger charge is -2.19. The molecule has 0 fully saturated rings. The molecule has 0 spiro atoms. The molecule has 31 heavy (non-hydrogen) atoms. The van der Waals surface area contributed by atoms with Crippen LogP contribution < -0.4 is 29.0 Å². The van der Waals surface area contributed by atoms with Gasteiger partial charge in [-0.3, -0.25) is 4.79 Å². The number of anilines is 1. The minimum Gasteiger partial charge on any atom is -0.496 e. The fraction of sp³-hybridized carbons (Fsp3) is 0.208. The summed E-state index contributed by atoms with van der Waals surface area (Å²) in [4.78, 5) is 12.8. The summed E-state index contributed by atoms with van der Waals surface area (Å²) in [6, 6.07) is 17.9. The van der Waals surface area contributed by atoms with Crippen molar-refractivity contribution in [2.75, 3.05) is 32.8 Å². The Hall–Kier alpha value is -3.87. The third-order valence-corrected chi connectivity index (χ3v) is 4.79. The van der Waals surface area contributed by atoms with Gasteiger partial charge in [0.25, 0.3) is 5.91 Å². The van der Waals surface area contributed by atoms with Gasteiger partial charge in [0, 0.05) is 22.9 Å². The van der Waals surface area contributed by atoms with Gasteiger partial charge in [-0.25, -0.2) is 0 Å². The van der Waals surface area contributed by atoms with Crippen molar-refractivity contribution in [2.45, 2.75) is 6.61 Å². The molecule has 0 aromatic heterocycles. The van der Waals surface area contributed by atoms with Gasteiger partial charge in [0.2, 0.25) is 0 Å². The predicted molar refractivity (Wildman–Crippen MR) is 116 cm³/mol. The highest BCUT2D eigenvalue weighted by atomic mass is 16.6. The molecule has 0 bridgehead atoms. The zero-order valence-electron chi connectivity index (χ0n) is 17.3. The van der Waals surface area contributed by atoms with Crippen LogP contribution in [0.15, 0.2) is 60.7 Å². The summed E-state index contributed by atoms with van der Waals surface area (Å²) in [5, 5.41) is 2.89. The zero-order valence-corrected chi connectivity index (χ0v) is 17.3. The van der Waals surface area contributed by atoms with Crippen LogP contribution in [0.4, 0.5) is 5.69 Å². The van der Waals surface area contributed by atoms with Crippen LogP contribution in [-0.2, 0) is 6.61 Å². The first-order valence-corrected chi connectivity index (χ1v) is 9.81. The van der Waals surface area contributed by atoms with Crippen LogP contribution in [0.3, 0.4) is 0 Å². The van der Waals surface area contributed by atoms with Crippen LogP contribution >= 0.6 is 0 Å². The maximum atomic E-state index is 12.8. The molecule has 0 radical (unpaired) electrons. The van der Waals surface area contributed by atoms with Crippen molar-refractivity contribution in [3.8, 4) is 28.7 Å². The van der Waals surface area contributed by atoms with E-state index >= 15 is 0 Å². The van der Waals surface area contributed by atoms with Gasteiger partial charge in [-0.1, -0.05) is 12.1 Å². The maximum Gasteiger partial charge on any atom is 0.255 e. The average Bonchev–Trinajstić information content (AvgIpc) is 2.82. The van der Waals surface area contributed by atoms with Crippen molar-refractivity contribution >= 4 is 11.6 Å². The Bertz CT molecular complexity index is 1080. The fourth-order valence-corrected chi connectivity index (χ4v) is 3.25. The molecule has 7 nitrogen and oxygen atoms in total. The Balaban J connectivity index is 1.50. The molecule has 160 valence electrons. The number of amides is 1. The van der Waals surface area contributed by atoms with E-state index in [1.807, 2.05) is 24.3 Å². The highest BCUT2D eigenvalue weighted by molar-refractivity contribution is 6.04. The predicted octanol–water partition coefficient (Wildman–Crippen LogP) is 4.31. The Morgan fingerprint density at radius 2 is 1.61 bits per heavy atom. The topological polar surface area (TPSA) is 75.3 Å². The lowest BCUT2D eigenvalue weighted by molar-refractivity contribution is 0.102. The number of carbonyl (C=O) groups is 1. The number of methoxy groups -OCH3 is 2. The number of para-hydroxylation sites is 2. The van der Waals surface area contributed by atoms with Crippen LogP contribution in [0.1, 0.15) is 15.9 Å². The molecule has 1 heterocycles. The van der Waals surface area contributed by atoms with Crippen molar-refractivity contribution in [1.82, 2.24) is 0 Å². The molecule has 7 heteroatoms. The molecule has 1 aliphatic rings. The molecule has 0 saturated carbocycles. The first-order valence-electron chi connectivity index (χ1n) is 9.81. The number of benzene rings is 3. The van der Waals surface area contributed by atoms with E-state index in [1.54, 1.807) is 50.6 Å². The molecule has 1 N–H and O–H groups in total. The molecular weight excluding hydrogens is 398 g/mol. The van der Waals surface area contributed by atoms with Crippen LogP contribution in [0.5, 0.6) is 28.7 Å². The third kappa shape index (κ3) is 4.66. The second-order valence-electron chi connectivity index (χ2n) is 6.78. The molecule has 0 unspecified atom stereocenters. The monoisotopic (exact) mass is 421 g/mol. The van der Waals surface area contributed by atoms with Gasteiger partial charge in [-0.15, -0.1) is 0 Å². The number of hydrogen-bond donors (Lipinski definition) is 1. The van der Waals surface area contributed by atoms with E-state index < -0.39 is 0 Å². The van der Waals surface area contributed by atoms with Crippen LogP contribution in [0.2, 0.25) is 0 Å². The summed E-state index contributed by atoms with van der Waals surface area (Å²) in [6.45, 7) is 1.22. The summed E-state index contributed by atoms with van der Waals surface area (Å²) >= 11 is 0. The van der Waals surface area contributed by atoms with E-state index in [1.165, 1.54) is 0 Å². The molecule has 0 saturated heterocycles. The largest absolute Gasteiger partial charge is 0.496 e. The second-order valence-corrected chi connectivity index (χ2v) is 6.78. The summed E-state index contributed by atoms with van der Waals surface area (Å²) < 4.78 is 27.7. The van der Waals surface area contributed by atoms with Crippen LogP contribution in [-0.4, -0.2) is 33.3 Å². The van der Waals surface area contributed by atoms with E-state index in [4.69, 9.17) is 23.7 Å². The maximum absolute atomic E-state index is 12.8. The average molecular weight is 421 g/mol. The molecule has 1 aliphatic heterocycles. The van der Waals surface area contributed by atoms with Crippen molar-refractivity contribution in [3.05, 3.63) is 71.8 Å². The Morgan fingerprint density at radius 1 is 0.871 bits per heavy atom. The highest BCUT2D eigenvalue weighted by Gasteiger charge is 2.15. The Kier molecular flexibility index (Phi) is 6.12. The van der Waals surface area contributed by atoms with Gasteiger partial charge < -0.3 is 29.0 Å². The lowest BCUT2D eigenvalue weighted by atomic mass is 10.1.